The lowest BCUT2D eigenvalue weighted by Gasteiger charge is -2.10. The van der Waals surface area contributed by atoms with E-state index in [0.29, 0.717) is 17.4 Å². The number of rotatable bonds is 8. The zero-order chi connectivity index (χ0) is 21.7. The van der Waals surface area contributed by atoms with Gasteiger partial charge in [0.05, 0.1) is 10.6 Å². The molecule has 30 heavy (non-hydrogen) atoms. The molecule has 0 saturated heterocycles. The summed E-state index contributed by atoms with van der Waals surface area (Å²) >= 11 is 0. The average molecular weight is 410 g/mol. The summed E-state index contributed by atoms with van der Waals surface area (Å²) in [5.74, 6) is 0.669. The van der Waals surface area contributed by atoms with Crippen LogP contribution in [0.4, 0.5) is 11.4 Å². The van der Waals surface area contributed by atoms with Crippen LogP contribution in [-0.2, 0) is 6.61 Å². The van der Waals surface area contributed by atoms with Crippen molar-refractivity contribution >= 4 is 17.3 Å². The summed E-state index contributed by atoms with van der Waals surface area (Å²) in [5.41, 5.74) is 0.909. The molecule has 0 bridgehead atoms. The van der Waals surface area contributed by atoms with E-state index in [9.17, 15) is 20.0 Å². The van der Waals surface area contributed by atoms with Crippen LogP contribution < -0.4 is 10.1 Å². The highest BCUT2D eigenvalue weighted by Gasteiger charge is 2.16. The van der Waals surface area contributed by atoms with E-state index < -0.39 is 10.8 Å². The van der Waals surface area contributed by atoms with Crippen molar-refractivity contribution in [3.05, 3.63) is 81.8 Å². The number of nitro groups is 1. The number of carbonyl (C=O) groups excluding carboxylic acids is 1. The second-order valence-electron chi connectivity index (χ2n) is 6.85. The van der Waals surface area contributed by atoms with Crippen molar-refractivity contribution in [1.29, 1.82) is 0 Å². The van der Waals surface area contributed by atoms with E-state index in [1.165, 1.54) is 11.6 Å². The van der Waals surface area contributed by atoms with Gasteiger partial charge in [0, 0.05) is 12.1 Å². The van der Waals surface area contributed by atoms with Gasteiger partial charge in [0.2, 0.25) is 0 Å². The quantitative estimate of drug-likeness (QED) is 0.298. The maximum atomic E-state index is 12.3. The molecule has 0 aliphatic rings. The Morgan fingerprint density at radius 3 is 2.60 bits per heavy atom. The standard InChI is InChI=1S/C22H22N2O6/c1-3-14(2)15-4-7-17(8-5-15)29-13-18-9-11-21(30-18)22(26)23-19-12-16(24(27)28)6-10-20(19)25/h4-12,14,25H,3,13H2,1-2H3,(H,23,26). The highest BCUT2D eigenvalue weighted by atomic mass is 16.6. The predicted octanol–water partition coefficient (Wildman–Crippen LogP) is 5.24. The summed E-state index contributed by atoms with van der Waals surface area (Å²) in [6, 6.07) is 14.3. The van der Waals surface area contributed by atoms with Gasteiger partial charge in [0.25, 0.3) is 11.6 Å². The lowest BCUT2D eigenvalue weighted by molar-refractivity contribution is -0.384. The van der Waals surface area contributed by atoms with Crippen molar-refractivity contribution in [2.45, 2.75) is 32.8 Å². The lowest BCUT2D eigenvalue weighted by Crippen LogP contribution is -2.11. The number of amides is 1. The number of phenols is 1. The first-order valence-electron chi connectivity index (χ1n) is 9.47. The molecule has 1 aromatic heterocycles. The number of hydrogen-bond donors (Lipinski definition) is 2. The number of non-ortho nitro benzene ring substituents is 1. The summed E-state index contributed by atoms with van der Waals surface area (Å²) in [6.07, 6.45) is 1.06. The Bertz CT molecular complexity index is 1040. The summed E-state index contributed by atoms with van der Waals surface area (Å²) in [4.78, 5) is 22.6. The van der Waals surface area contributed by atoms with Gasteiger partial charge in [-0.05, 0) is 48.2 Å². The molecule has 1 atom stereocenters. The third kappa shape index (κ3) is 4.96. The van der Waals surface area contributed by atoms with Crippen molar-refractivity contribution in [2.75, 3.05) is 5.32 Å². The van der Waals surface area contributed by atoms with Gasteiger partial charge >= 0.3 is 0 Å². The van der Waals surface area contributed by atoms with E-state index in [1.54, 1.807) is 6.07 Å². The topological polar surface area (TPSA) is 115 Å². The number of anilines is 1. The van der Waals surface area contributed by atoms with Crippen LogP contribution in [0.25, 0.3) is 0 Å². The Balaban J connectivity index is 1.61. The van der Waals surface area contributed by atoms with Crippen LogP contribution in [0.5, 0.6) is 11.5 Å². The highest BCUT2D eigenvalue weighted by molar-refractivity contribution is 6.03. The fourth-order valence-electron chi connectivity index (χ4n) is 2.78. The molecular weight excluding hydrogens is 388 g/mol. The Labute approximate surface area is 173 Å². The van der Waals surface area contributed by atoms with Crippen LogP contribution in [0.15, 0.2) is 59.0 Å². The van der Waals surface area contributed by atoms with E-state index in [2.05, 4.69) is 19.2 Å². The van der Waals surface area contributed by atoms with Crippen molar-refractivity contribution in [3.8, 4) is 11.5 Å². The molecule has 0 saturated carbocycles. The van der Waals surface area contributed by atoms with Gasteiger partial charge in [0.15, 0.2) is 5.76 Å². The number of carbonyl (C=O) groups is 1. The molecule has 3 rings (SSSR count). The van der Waals surface area contributed by atoms with Crippen LogP contribution >= 0.6 is 0 Å². The summed E-state index contributed by atoms with van der Waals surface area (Å²) in [7, 11) is 0. The van der Waals surface area contributed by atoms with Crippen molar-refractivity contribution in [1.82, 2.24) is 0 Å². The molecule has 0 aliphatic carbocycles. The number of phenolic OH excluding ortho intramolecular Hbond substituents is 1. The second-order valence-corrected chi connectivity index (χ2v) is 6.85. The maximum Gasteiger partial charge on any atom is 0.291 e. The highest BCUT2D eigenvalue weighted by Crippen LogP contribution is 2.28. The van der Waals surface area contributed by atoms with E-state index >= 15 is 0 Å². The fraction of sp³-hybridized carbons (Fsp3) is 0.227. The van der Waals surface area contributed by atoms with Crippen LogP contribution in [0.1, 0.15) is 48.1 Å². The Morgan fingerprint density at radius 1 is 1.20 bits per heavy atom. The van der Waals surface area contributed by atoms with Gasteiger partial charge in [0.1, 0.15) is 23.9 Å². The zero-order valence-corrected chi connectivity index (χ0v) is 16.6. The number of benzene rings is 2. The largest absolute Gasteiger partial charge is 0.506 e. The minimum absolute atomic E-state index is 0.00775. The van der Waals surface area contributed by atoms with Gasteiger partial charge in [-0.3, -0.25) is 14.9 Å². The number of nitro benzene ring substituents is 1. The summed E-state index contributed by atoms with van der Waals surface area (Å²) < 4.78 is 11.2. The first-order chi connectivity index (χ1) is 14.4. The van der Waals surface area contributed by atoms with Gasteiger partial charge in [-0.2, -0.15) is 0 Å². The fourth-order valence-corrected chi connectivity index (χ4v) is 2.78. The van der Waals surface area contributed by atoms with Crippen molar-refractivity contribution < 1.29 is 24.0 Å². The SMILES string of the molecule is CCC(C)c1ccc(OCc2ccc(C(=O)Nc3cc([N+](=O)[O-])ccc3O)o2)cc1. The lowest BCUT2D eigenvalue weighted by atomic mass is 9.99. The molecule has 0 spiro atoms. The molecule has 2 N–H and O–H groups in total. The molecule has 8 nitrogen and oxygen atoms in total. The van der Waals surface area contributed by atoms with Crippen LogP contribution in [0.2, 0.25) is 0 Å². The molecule has 1 amide bonds. The van der Waals surface area contributed by atoms with Crippen molar-refractivity contribution in [3.63, 3.8) is 0 Å². The van der Waals surface area contributed by atoms with E-state index in [1.807, 2.05) is 24.3 Å². The molecule has 0 radical (unpaired) electrons. The summed E-state index contributed by atoms with van der Waals surface area (Å²) in [5, 5.41) is 23.1. The molecule has 3 aromatic rings. The minimum Gasteiger partial charge on any atom is -0.506 e. The van der Waals surface area contributed by atoms with Gasteiger partial charge in [-0.25, -0.2) is 0 Å². The number of hydrogen-bond acceptors (Lipinski definition) is 6. The van der Waals surface area contributed by atoms with Gasteiger partial charge < -0.3 is 19.6 Å². The van der Waals surface area contributed by atoms with Crippen molar-refractivity contribution in [2.24, 2.45) is 0 Å². The first kappa shape index (κ1) is 20.9. The number of furan rings is 1. The molecule has 1 unspecified atom stereocenters. The monoisotopic (exact) mass is 410 g/mol. The number of nitrogens with zero attached hydrogens (tertiary/aromatic N) is 1. The molecule has 156 valence electrons. The molecule has 1 heterocycles. The molecule has 8 heteroatoms. The third-order valence-corrected chi connectivity index (χ3v) is 4.77. The smallest absolute Gasteiger partial charge is 0.291 e. The second kappa shape index (κ2) is 9.13. The Hall–Kier alpha value is -3.81. The van der Waals surface area contributed by atoms with Crippen LogP contribution in [-0.4, -0.2) is 15.9 Å². The predicted molar refractivity (Wildman–Crippen MR) is 111 cm³/mol. The zero-order valence-electron chi connectivity index (χ0n) is 16.6. The van der Waals surface area contributed by atoms with E-state index in [4.69, 9.17) is 9.15 Å². The Morgan fingerprint density at radius 2 is 1.93 bits per heavy atom. The molecule has 0 fully saturated rings. The third-order valence-electron chi connectivity index (χ3n) is 4.77. The Kier molecular flexibility index (Phi) is 6.36. The molecule has 2 aromatic carbocycles. The number of nitrogens with one attached hydrogen (secondary N) is 1. The maximum absolute atomic E-state index is 12.3. The minimum atomic E-state index is -0.644. The normalized spacial score (nSPS) is 11.7. The molecule has 0 aliphatic heterocycles. The first-order valence-corrected chi connectivity index (χ1v) is 9.47. The average Bonchev–Trinajstić information content (AvgIpc) is 3.22. The van der Waals surface area contributed by atoms with Crippen LogP contribution in [0, 0.1) is 10.1 Å². The molecular formula is C22H22N2O6. The van der Waals surface area contributed by atoms with E-state index in [-0.39, 0.29) is 29.5 Å². The van der Waals surface area contributed by atoms with Gasteiger partial charge in [-0.1, -0.05) is 26.0 Å². The van der Waals surface area contributed by atoms with Crippen LogP contribution in [0.3, 0.4) is 0 Å². The van der Waals surface area contributed by atoms with E-state index in [0.717, 1.165) is 24.6 Å². The number of ether oxygens (including phenoxy) is 1. The summed E-state index contributed by atoms with van der Waals surface area (Å²) in [6.45, 7) is 4.44. The number of aromatic hydroxyl groups is 1. The van der Waals surface area contributed by atoms with Gasteiger partial charge in [-0.15, -0.1) is 0 Å².